The van der Waals surface area contributed by atoms with Crippen molar-refractivity contribution < 1.29 is 0 Å². The molecule has 0 bridgehead atoms. The summed E-state index contributed by atoms with van der Waals surface area (Å²) in [7, 11) is 6.77. The zero-order valence-electron chi connectivity index (χ0n) is 14.1. The molecule has 0 aromatic heterocycles. The largest absolute Gasteiger partial charge is 0.313 e. The molecule has 0 atom stereocenters. The fourth-order valence-electron chi connectivity index (χ4n) is 3.84. The lowest BCUT2D eigenvalue weighted by atomic mass is 9.75. The van der Waals surface area contributed by atoms with Crippen LogP contribution >= 0.6 is 0 Å². The van der Waals surface area contributed by atoms with Gasteiger partial charge in [0.05, 0.1) is 0 Å². The molecule has 2 saturated carbocycles. The predicted molar refractivity (Wildman–Crippen MR) is 87.2 cm³/mol. The van der Waals surface area contributed by atoms with Crippen LogP contribution in [-0.4, -0.2) is 62.2 Å². The fraction of sp³-hybridized carbons (Fsp3) is 1.00. The molecule has 0 aliphatic heterocycles. The third-order valence-corrected chi connectivity index (χ3v) is 5.74. The van der Waals surface area contributed by atoms with Crippen molar-refractivity contribution >= 4 is 0 Å². The maximum atomic E-state index is 3.77. The maximum absolute atomic E-state index is 3.77. The van der Waals surface area contributed by atoms with Crippen molar-refractivity contribution in [2.45, 2.75) is 63.5 Å². The number of nitrogens with one attached hydrogen (secondary N) is 1. The number of hydrogen-bond donors (Lipinski definition) is 1. The number of rotatable bonds is 7. The Balaban J connectivity index is 1.61. The molecule has 0 aromatic carbocycles. The van der Waals surface area contributed by atoms with Crippen molar-refractivity contribution in [2.24, 2.45) is 5.92 Å². The predicted octanol–water partition coefficient (Wildman–Crippen LogP) is 2.57. The van der Waals surface area contributed by atoms with Crippen LogP contribution in [-0.2, 0) is 0 Å². The first-order chi connectivity index (χ1) is 9.52. The second-order valence-corrected chi connectivity index (χ2v) is 7.62. The molecule has 0 saturated heterocycles. The van der Waals surface area contributed by atoms with E-state index in [1.807, 2.05) is 0 Å². The van der Waals surface area contributed by atoms with Crippen molar-refractivity contribution in [1.29, 1.82) is 0 Å². The van der Waals surface area contributed by atoms with Crippen LogP contribution in [0.15, 0.2) is 0 Å². The third kappa shape index (κ3) is 4.19. The Morgan fingerprint density at radius 2 is 1.70 bits per heavy atom. The Labute approximate surface area is 126 Å². The maximum Gasteiger partial charge on any atom is 0.0330 e. The molecule has 3 nitrogen and oxygen atoms in total. The highest BCUT2D eigenvalue weighted by molar-refractivity contribution is 4.97. The van der Waals surface area contributed by atoms with Gasteiger partial charge in [0.1, 0.15) is 0 Å². The molecule has 2 rings (SSSR count). The molecule has 118 valence electrons. The average molecular weight is 281 g/mol. The van der Waals surface area contributed by atoms with E-state index < -0.39 is 0 Å². The van der Waals surface area contributed by atoms with Crippen molar-refractivity contribution in [3.8, 4) is 0 Å². The van der Waals surface area contributed by atoms with Gasteiger partial charge in [-0.05, 0) is 72.0 Å². The van der Waals surface area contributed by atoms with E-state index in [1.165, 1.54) is 58.0 Å². The summed E-state index contributed by atoms with van der Waals surface area (Å²) in [5.74, 6) is 0.953. The first-order valence-electron chi connectivity index (χ1n) is 8.61. The van der Waals surface area contributed by atoms with Crippen molar-refractivity contribution in [3.05, 3.63) is 0 Å². The van der Waals surface area contributed by atoms with Crippen LogP contribution in [0.4, 0.5) is 0 Å². The Morgan fingerprint density at radius 3 is 2.20 bits per heavy atom. The van der Waals surface area contributed by atoms with E-state index >= 15 is 0 Å². The second-order valence-electron chi connectivity index (χ2n) is 7.62. The van der Waals surface area contributed by atoms with Crippen LogP contribution < -0.4 is 5.32 Å². The number of nitrogens with zero attached hydrogens (tertiary/aromatic N) is 2. The molecule has 1 N–H and O–H groups in total. The smallest absolute Gasteiger partial charge is 0.0330 e. The van der Waals surface area contributed by atoms with Crippen molar-refractivity contribution in [3.63, 3.8) is 0 Å². The highest BCUT2D eigenvalue weighted by atomic mass is 15.2. The van der Waals surface area contributed by atoms with Crippen LogP contribution in [0.25, 0.3) is 0 Å². The summed E-state index contributed by atoms with van der Waals surface area (Å²) >= 11 is 0. The van der Waals surface area contributed by atoms with E-state index in [-0.39, 0.29) is 0 Å². The summed E-state index contributed by atoms with van der Waals surface area (Å²) in [6, 6.07) is 0.783. The van der Waals surface area contributed by atoms with Gasteiger partial charge >= 0.3 is 0 Å². The zero-order chi connectivity index (χ0) is 14.6. The normalized spacial score (nSPS) is 29.7. The second kappa shape index (κ2) is 7.24. The molecule has 0 heterocycles. The highest BCUT2D eigenvalue weighted by Crippen LogP contribution is 2.36. The van der Waals surface area contributed by atoms with E-state index in [2.05, 4.69) is 43.2 Å². The van der Waals surface area contributed by atoms with Crippen LogP contribution in [0.3, 0.4) is 0 Å². The SMILES string of the molecule is CC1CCC(NCCN(C)CC2(N(C)C)CCC2)CC1. The van der Waals surface area contributed by atoms with E-state index in [0.717, 1.165) is 18.5 Å². The molecular weight excluding hydrogens is 246 g/mol. The van der Waals surface area contributed by atoms with Gasteiger partial charge in [-0.1, -0.05) is 6.92 Å². The van der Waals surface area contributed by atoms with Crippen LogP contribution in [0.1, 0.15) is 51.9 Å². The molecule has 0 amide bonds. The Kier molecular flexibility index (Phi) is 5.88. The number of likely N-dealkylation sites (N-methyl/N-ethyl adjacent to an activating group) is 2. The van der Waals surface area contributed by atoms with Gasteiger partial charge in [0.25, 0.3) is 0 Å². The Hall–Kier alpha value is -0.120. The minimum Gasteiger partial charge on any atom is -0.313 e. The lowest BCUT2D eigenvalue weighted by Gasteiger charge is -2.49. The quantitative estimate of drug-likeness (QED) is 0.774. The van der Waals surface area contributed by atoms with Gasteiger partial charge in [0.2, 0.25) is 0 Å². The zero-order valence-corrected chi connectivity index (χ0v) is 14.1. The van der Waals surface area contributed by atoms with Crippen LogP contribution in [0.2, 0.25) is 0 Å². The summed E-state index contributed by atoms with van der Waals surface area (Å²) in [6.45, 7) is 5.95. The van der Waals surface area contributed by atoms with E-state index in [4.69, 9.17) is 0 Å². The average Bonchev–Trinajstić information content (AvgIpc) is 2.36. The third-order valence-electron chi connectivity index (χ3n) is 5.74. The first kappa shape index (κ1) is 16.3. The first-order valence-corrected chi connectivity index (χ1v) is 8.61. The van der Waals surface area contributed by atoms with Gasteiger partial charge in [-0.3, -0.25) is 0 Å². The van der Waals surface area contributed by atoms with Crippen molar-refractivity contribution in [2.75, 3.05) is 40.8 Å². The van der Waals surface area contributed by atoms with E-state index in [9.17, 15) is 0 Å². The van der Waals surface area contributed by atoms with E-state index in [0.29, 0.717) is 5.54 Å². The minimum absolute atomic E-state index is 0.467. The van der Waals surface area contributed by atoms with Gasteiger partial charge in [-0.2, -0.15) is 0 Å². The molecule has 3 heteroatoms. The number of hydrogen-bond acceptors (Lipinski definition) is 3. The highest BCUT2D eigenvalue weighted by Gasteiger charge is 2.39. The molecule has 0 aromatic rings. The topological polar surface area (TPSA) is 18.5 Å². The molecule has 0 spiro atoms. The molecule has 2 fully saturated rings. The molecular formula is C17H35N3. The fourth-order valence-corrected chi connectivity index (χ4v) is 3.84. The Bertz CT molecular complexity index is 278. The van der Waals surface area contributed by atoms with Crippen molar-refractivity contribution in [1.82, 2.24) is 15.1 Å². The molecule has 20 heavy (non-hydrogen) atoms. The lowest BCUT2D eigenvalue weighted by Crippen LogP contribution is -2.57. The molecule has 2 aliphatic rings. The molecule has 0 unspecified atom stereocenters. The summed E-state index contributed by atoms with van der Waals surface area (Å²) < 4.78 is 0. The summed E-state index contributed by atoms with van der Waals surface area (Å²) in [5.41, 5.74) is 0.467. The van der Waals surface area contributed by atoms with E-state index in [1.54, 1.807) is 0 Å². The monoisotopic (exact) mass is 281 g/mol. The lowest BCUT2D eigenvalue weighted by molar-refractivity contribution is 0.0279. The van der Waals surface area contributed by atoms with Gasteiger partial charge in [-0.15, -0.1) is 0 Å². The van der Waals surface area contributed by atoms with Crippen LogP contribution in [0, 0.1) is 5.92 Å². The molecule has 0 radical (unpaired) electrons. The van der Waals surface area contributed by atoms with Gasteiger partial charge < -0.3 is 15.1 Å². The summed E-state index contributed by atoms with van der Waals surface area (Å²) in [5, 5.41) is 3.77. The summed E-state index contributed by atoms with van der Waals surface area (Å²) in [4.78, 5) is 4.97. The van der Waals surface area contributed by atoms with Gasteiger partial charge in [0.15, 0.2) is 0 Å². The standard InChI is InChI=1S/C17H35N3/c1-15-6-8-16(9-7-15)18-12-13-20(4)14-17(19(2)3)10-5-11-17/h15-16,18H,5-14H2,1-4H3. The van der Waals surface area contributed by atoms with Gasteiger partial charge in [0, 0.05) is 31.2 Å². The molecule has 2 aliphatic carbocycles. The summed E-state index contributed by atoms with van der Waals surface area (Å²) in [6.07, 6.45) is 9.74. The van der Waals surface area contributed by atoms with Gasteiger partial charge in [-0.25, -0.2) is 0 Å². The minimum atomic E-state index is 0.467. The Morgan fingerprint density at radius 1 is 1.05 bits per heavy atom. The van der Waals surface area contributed by atoms with Crippen LogP contribution in [0.5, 0.6) is 0 Å².